The average Bonchev–Trinajstić information content (AvgIpc) is 3.29. The second kappa shape index (κ2) is 8.86. The zero-order valence-electron chi connectivity index (χ0n) is 17.0. The van der Waals surface area contributed by atoms with Crippen molar-refractivity contribution in [3.05, 3.63) is 54.4 Å². The van der Waals surface area contributed by atoms with Crippen molar-refractivity contribution in [3.8, 4) is 22.9 Å². The summed E-state index contributed by atoms with van der Waals surface area (Å²) in [5, 5.41) is 7.06. The second-order valence-corrected chi connectivity index (χ2v) is 7.02. The summed E-state index contributed by atoms with van der Waals surface area (Å²) in [5.41, 5.74) is 1.45. The van der Waals surface area contributed by atoms with E-state index < -0.39 is 0 Å². The van der Waals surface area contributed by atoms with Crippen molar-refractivity contribution >= 4 is 11.7 Å². The van der Waals surface area contributed by atoms with Crippen LogP contribution in [0.5, 0.6) is 11.5 Å². The lowest BCUT2D eigenvalue weighted by atomic mass is 10.0. The fourth-order valence-electron chi connectivity index (χ4n) is 3.59. The van der Waals surface area contributed by atoms with Gasteiger partial charge in [-0.25, -0.2) is 4.79 Å². The Kier molecular flexibility index (Phi) is 5.83. The molecule has 0 saturated carbocycles. The molecule has 1 fully saturated rings. The van der Waals surface area contributed by atoms with E-state index in [1.54, 1.807) is 19.1 Å². The Balaban J connectivity index is 1.53. The van der Waals surface area contributed by atoms with E-state index in [2.05, 4.69) is 15.5 Å². The zero-order chi connectivity index (χ0) is 20.9. The number of hydrogen-bond donors (Lipinski definition) is 1. The molecule has 0 aliphatic carbocycles. The highest BCUT2D eigenvalue weighted by Gasteiger charge is 2.32. The van der Waals surface area contributed by atoms with Gasteiger partial charge in [-0.1, -0.05) is 17.3 Å². The van der Waals surface area contributed by atoms with Crippen LogP contribution in [-0.4, -0.2) is 41.8 Å². The maximum absolute atomic E-state index is 13.0. The van der Waals surface area contributed by atoms with Crippen LogP contribution in [0.25, 0.3) is 11.4 Å². The maximum atomic E-state index is 13.0. The number of amides is 2. The van der Waals surface area contributed by atoms with Crippen LogP contribution >= 0.6 is 0 Å². The Bertz CT molecular complexity index is 1000. The fourth-order valence-corrected chi connectivity index (χ4v) is 3.59. The molecule has 1 atom stereocenters. The van der Waals surface area contributed by atoms with Crippen LogP contribution in [-0.2, 0) is 0 Å². The van der Waals surface area contributed by atoms with E-state index in [4.69, 9.17) is 14.0 Å². The first-order chi connectivity index (χ1) is 14.7. The third kappa shape index (κ3) is 4.07. The minimum atomic E-state index is -0.270. The SMILES string of the molecule is COc1ccc(-c2noc([C@@H]3CCCCN3C(=O)Nc3ccccc3OC)n2)cc1. The Morgan fingerprint density at radius 1 is 1.10 bits per heavy atom. The molecule has 2 amide bonds. The van der Waals surface area contributed by atoms with Crippen molar-refractivity contribution in [2.24, 2.45) is 0 Å². The number of hydrogen-bond acceptors (Lipinski definition) is 6. The molecule has 2 heterocycles. The molecule has 8 heteroatoms. The molecule has 30 heavy (non-hydrogen) atoms. The van der Waals surface area contributed by atoms with Crippen LogP contribution in [0.4, 0.5) is 10.5 Å². The van der Waals surface area contributed by atoms with Crippen molar-refractivity contribution in [3.63, 3.8) is 0 Å². The monoisotopic (exact) mass is 408 g/mol. The summed E-state index contributed by atoms with van der Waals surface area (Å²) in [6.07, 6.45) is 2.68. The highest BCUT2D eigenvalue weighted by atomic mass is 16.5. The van der Waals surface area contributed by atoms with E-state index in [9.17, 15) is 4.79 Å². The summed E-state index contributed by atoms with van der Waals surface area (Å²) < 4.78 is 16.1. The number of nitrogens with one attached hydrogen (secondary N) is 1. The molecule has 1 aromatic heterocycles. The Hall–Kier alpha value is -3.55. The number of aromatic nitrogens is 2. The van der Waals surface area contributed by atoms with Gasteiger partial charge < -0.3 is 24.2 Å². The molecule has 0 spiro atoms. The third-order valence-corrected chi connectivity index (χ3v) is 5.19. The molecule has 0 bridgehead atoms. The van der Waals surface area contributed by atoms with Gasteiger partial charge >= 0.3 is 6.03 Å². The highest BCUT2D eigenvalue weighted by molar-refractivity contribution is 5.91. The maximum Gasteiger partial charge on any atom is 0.322 e. The lowest BCUT2D eigenvalue weighted by Gasteiger charge is -2.33. The molecule has 1 saturated heterocycles. The minimum absolute atomic E-state index is 0.214. The first-order valence-corrected chi connectivity index (χ1v) is 9.88. The van der Waals surface area contributed by atoms with Crippen LogP contribution in [0.1, 0.15) is 31.2 Å². The van der Waals surface area contributed by atoms with E-state index in [-0.39, 0.29) is 12.1 Å². The van der Waals surface area contributed by atoms with Crippen molar-refractivity contribution < 1.29 is 18.8 Å². The molecular weight excluding hydrogens is 384 g/mol. The second-order valence-electron chi connectivity index (χ2n) is 7.02. The van der Waals surface area contributed by atoms with E-state index in [1.807, 2.05) is 48.5 Å². The molecule has 156 valence electrons. The van der Waals surface area contributed by atoms with Gasteiger partial charge in [-0.3, -0.25) is 0 Å². The topological polar surface area (TPSA) is 89.7 Å². The predicted molar refractivity (Wildman–Crippen MR) is 112 cm³/mol. The Labute approximate surface area is 174 Å². The number of nitrogens with zero attached hydrogens (tertiary/aromatic N) is 3. The van der Waals surface area contributed by atoms with Crippen molar-refractivity contribution in [1.82, 2.24) is 15.0 Å². The number of carbonyl (C=O) groups excluding carboxylic acids is 1. The van der Waals surface area contributed by atoms with E-state index in [0.29, 0.717) is 29.7 Å². The number of anilines is 1. The van der Waals surface area contributed by atoms with Crippen molar-refractivity contribution in [2.75, 3.05) is 26.1 Å². The fraction of sp³-hybridized carbons (Fsp3) is 0.318. The summed E-state index contributed by atoms with van der Waals surface area (Å²) in [5.74, 6) is 2.30. The van der Waals surface area contributed by atoms with Gasteiger partial charge in [0.1, 0.15) is 17.5 Å². The lowest BCUT2D eigenvalue weighted by molar-refractivity contribution is 0.142. The molecule has 1 aliphatic rings. The number of benzene rings is 2. The Morgan fingerprint density at radius 3 is 2.67 bits per heavy atom. The first-order valence-electron chi connectivity index (χ1n) is 9.88. The number of methoxy groups -OCH3 is 2. The van der Waals surface area contributed by atoms with Crippen LogP contribution in [0.2, 0.25) is 0 Å². The zero-order valence-corrected chi connectivity index (χ0v) is 17.0. The van der Waals surface area contributed by atoms with Crippen molar-refractivity contribution in [1.29, 1.82) is 0 Å². The quantitative estimate of drug-likeness (QED) is 0.668. The van der Waals surface area contributed by atoms with Crippen LogP contribution in [0.15, 0.2) is 53.1 Å². The third-order valence-electron chi connectivity index (χ3n) is 5.19. The summed E-state index contributed by atoms with van der Waals surface area (Å²) in [6, 6.07) is 14.3. The van der Waals surface area contributed by atoms with Gasteiger partial charge in [0.25, 0.3) is 0 Å². The smallest absolute Gasteiger partial charge is 0.322 e. The Morgan fingerprint density at radius 2 is 1.90 bits per heavy atom. The number of carbonyl (C=O) groups is 1. The average molecular weight is 408 g/mol. The standard InChI is InChI=1S/C22H24N4O4/c1-28-16-12-10-15(11-13-16)20-24-21(30-25-20)18-8-5-6-14-26(18)22(27)23-17-7-3-4-9-19(17)29-2/h3-4,7,9-13,18H,5-6,8,14H2,1-2H3,(H,23,27)/t18-/m0/s1. The van der Waals surface area contributed by atoms with E-state index >= 15 is 0 Å². The van der Waals surface area contributed by atoms with Crippen molar-refractivity contribution in [2.45, 2.75) is 25.3 Å². The molecular formula is C22H24N4O4. The van der Waals surface area contributed by atoms with Crippen LogP contribution in [0.3, 0.4) is 0 Å². The number of urea groups is 1. The molecule has 4 rings (SSSR count). The molecule has 2 aromatic carbocycles. The number of rotatable bonds is 5. The van der Waals surface area contributed by atoms with Gasteiger partial charge in [0.2, 0.25) is 11.7 Å². The van der Waals surface area contributed by atoms with Gasteiger partial charge in [0.15, 0.2) is 0 Å². The van der Waals surface area contributed by atoms with Gasteiger partial charge in [-0.05, 0) is 55.7 Å². The van der Waals surface area contributed by atoms with E-state index in [0.717, 1.165) is 30.6 Å². The normalized spacial score (nSPS) is 16.2. The van der Waals surface area contributed by atoms with Gasteiger partial charge in [-0.2, -0.15) is 4.98 Å². The predicted octanol–water partition coefficient (Wildman–Crippen LogP) is 4.51. The summed E-state index contributed by atoms with van der Waals surface area (Å²) in [4.78, 5) is 19.3. The van der Waals surface area contributed by atoms with Gasteiger partial charge in [-0.15, -0.1) is 0 Å². The van der Waals surface area contributed by atoms with E-state index in [1.165, 1.54) is 0 Å². The first kappa shape index (κ1) is 19.8. The lowest BCUT2D eigenvalue weighted by Crippen LogP contribution is -2.41. The number of likely N-dealkylation sites (tertiary alicyclic amines) is 1. The molecule has 0 radical (unpaired) electrons. The van der Waals surface area contributed by atoms with Crippen LogP contribution in [0, 0.1) is 0 Å². The molecule has 1 aliphatic heterocycles. The largest absolute Gasteiger partial charge is 0.497 e. The minimum Gasteiger partial charge on any atom is -0.497 e. The summed E-state index contributed by atoms with van der Waals surface area (Å²) in [7, 11) is 3.20. The summed E-state index contributed by atoms with van der Waals surface area (Å²) >= 11 is 0. The number of piperidine rings is 1. The van der Waals surface area contributed by atoms with Gasteiger partial charge in [0, 0.05) is 12.1 Å². The molecule has 8 nitrogen and oxygen atoms in total. The molecule has 3 aromatic rings. The van der Waals surface area contributed by atoms with Gasteiger partial charge in [0.05, 0.1) is 19.9 Å². The summed E-state index contributed by atoms with van der Waals surface area (Å²) in [6.45, 7) is 0.617. The molecule has 1 N–H and O–H groups in total. The molecule has 0 unspecified atom stereocenters. The van der Waals surface area contributed by atoms with Crippen LogP contribution < -0.4 is 14.8 Å². The number of ether oxygens (including phenoxy) is 2. The highest BCUT2D eigenvalue weighted by Crippen LogP contribution is 2.33. The number of para-hydroxylation sites is 2.